The summed E-state index contributed by atoms with van der Waals surface area (Å²) in [5, 5.41) is 9.15. The first-order valence-corrected chi connectivity index (χ1v) is 8.77. The normalized spacial score (nSPS) is 24.8. The van der Waals surface area contributed by atoms with Crippen LogP contribution in [0.1, 0.15) is 23.1 Å². The Balaban J connectivity index is 2.34. The SMILES string of the molecule is Cc1cc(S(=O)(=O)N2CC(C)CC(C(=O)O)C2)c(C)s1. The van der Waals surface area contributed by atoms with Crippen LogP contribution in [0.5, 0.6) is 0 Å². The maximum atomic E-state index is 12.7. The molecular weight excluding hydrogens is 298 g/mol. The third kappa shape index (κ3) is 2.89. The number of nitrogens with zero attached hydrogens (tertiary/aromatic N) is 1. The molecule has 1 fully saturated rings. The van der Waals surface area contributed by atoms with Crippen molar-refractivity contribution in [2.75, 3.05) is 13.1 Å². The Morgan fingerprint density at radius 3 is 2.55 bits per heavy atom. The molecule has 5 nitrogen and oxygen atoms in total. The van der Waals surface area contributed by atoms with Gasteiger partial charge < -0.3 is 5.11 Å². The van der Waals surface area contributed by atoms with E-state index in [1.165, 1.54) is 15.6 Å². The largest absolute Gasteiger partial charge is 0.481 e. The van der Waals surface area contributed by atoms with Gasteiger partial charge in [-0.05, 0) is 32.3 Å². The van der Waals surface area contributed by atoms with E-state index in [1.807, 2.05) is 13.8 Å². The van der Waals surface area contributed by atoms with Crippen molar-refractivity contribution in [1.82, 2.24) is 4.31 Å². The molecule has 0 aliphatic carbocycles. The highest BCUT2D eigenvalue weighted by Gasteiger charge is 2.37. The van der Waals surface area contributed by atoms with Crippen LogP contribution < -0.4 is 0 Å². The number of hydrogen-bond donors (Lipinski definition) is 1. The first-order chi connectivity index (χ1) is 9.21. The van der Waals surface area contributed by atoms with Crippen molar-refractivity contribution >= 4 is 27.3 Å². The molecule has 2 heterocycles. The first-order valence-electron chi connectivity index (χ1n) is 6.51. The van der Waals surface area contributed by atoms with Crippen LogP contribution in [0.4, 0.5) is 0 Å². The smallest absolute Gasteiger partial charge is 0.307 e. The molecule has 20 heavy (non-hydrogen) atoms. The Kier molecular flexibility index (Phi) is 4.22. The maximum Gasteiger partial charge on any atom is 0.307 e. The number of piperidine rings is 1. The standard InChI is InChI=1S/C13H19NO4S2/c1-8-4-11(13(15)16)7-14(6-8)20(17,18)12-5-9(2)19-10(12)3/h5,8,11H,4,6-7H2,1-3H3,(H,15,16). The molecule has 112 valence electrons. The van der Waals surface area contributed by atoms with E-state index in [2.05, 4.69) is 0 Å². The molecule has 2 unspecified atom stereocenters. The molecule has 0 radical (unpaired) electrons. The Hall–Kier alpha value is -0.920. The second kappa shape index (κ2) is 5.46. The van der Waals surface area contributed by atoms with Crippen LogP contribution in [-0.2, 0) is 14.8 Å². The molecule has 1 N–H and O–H groups in total. The summed E-state index contributed by atoms with van der Waals surface area (Å²) in [5.74, 6) is -1.48. The molecule has 7 heteroatoms. The molecule has 0 aromatic carbocycles. The van der Waals surface area contributed by atoms with E-state index in [0.717, 1.165) is 9.75 Å². The Bertz CT molecular complexity index is 620. The number of carboxylic acids is 1. The van der Waals surface area contributed by atoms with Gasteiger partial charge in [0.25, 0.3) is 0 Å². The summed E-state index contributed by atoms with van der Waals surface area (Å²) < 4.78 is 26.7. The molecule has 1 aromatic heterocycles. The highest BCUT2D eigenvalue weighted by Crippen LogP contribution is 2.31. The van der Waals surface area contributed by atoms with Crippen molar-refractivity contribution in [1.29, 1.82) is 0 Å². The molecule has 1 saturated heterocycles. The number of hydrogen-bond acceptors (Lipinski definition) is 4. The van der Waals surface area contributed by atoms with E-state index in [-0.39, 0.29) is 12.5 Å². The van der Waals surface area contributed by atoms with Crippen LogP contribution in [0.3, 0.4) is 0 Å². The van der Waals surface area contributed by atoms with Crippen molar-refractivity contribution in [3.05, 3.63) is 15.8 Å². The molecule has 1 aliphatic heterocycles. The minimum absolute atomic E-state index is 0.0552. The van der Waals surface area contributed by atoms with Crippen molar-refractivity contribution in [3.8, 4) is 0 Å². The Morgan fingerprint density at radius 1 is 1.40 bits per heavy atom. The van der Waals surface area contributed by atoms with E-state index in [9.17, 15) is 13.2 Å². The van der Waals surface area contributed by atoms with E-state index in [0.29, 0.717) is 17.9 Å². The van der Waals surface area contributed by atoms with Crippen LogP contribution in [0, 0.1) is 25.7 Å². The van der Waals surface area contributed by atoms with Gasteiger partial charge in [0, 0.05) is 22.8 Å². The number of thiophene rings is 1. The molecule has 0 spiro atoms. The van der Waals surface area contributed by atoms with Gasteiger partial charge in [0.05, 0.1) is 10.8 Å². The van der Waals surface area contributed by atoms with Crippen molar-refractivity contribution < 1.29 is 18.3 Å². The fraction of sp³-hybridized carbons (Fsp3) is 0.615. The lowest BCUT2D eigenvalue weighted by atomic mass is 9.92. The average molecular weight is 317 g/mol. The summed E-state index contributed by atoms with van der Waals surface area (Å²) in [6, 6.07) is 1.67. The van der Waals surface area contributed by atoms with Crippen LogP contribution in [-0.4, -0.2) is 36.9 Å². The predicted octanol–water partition coefficient (Wildman–Crippen LogP) is 2.10. The van der Waals surface area contributed by atoms with Gasteiger partial charge in [-0.25, -0.2) is 8.42 Å². The van der Waals surface area contributed by atoms with E-state index >= 15 is 0 Å². The summed E-state index contributed by atoms with van der Waals surface area (Å²) in [6.07, 6.45) is 0.531. The molecule has 0 saturated carbocycles. The first kappa shape index (κ1) is 15.5. The number of aryl methyl sites for hydroxylation is 2. The predicted molar refractivity (Wildman–Crippen MR) is 77.5 cm³/mol. The topological polar surface area (TPSA) is 74.7 Å². The van der Waals surface area contributed by atoms with Gasteiger partial charge >= 0.3 is 5.97 Å². The van der Waals surface area contributed by atoms with Gasteiger partial charge in [-0.3, -0.25) is 4.79 Å². The molecule has 1 aliphatic rings. The minimum Gasteiger partial charge on any atom is -0.481 e. The second-order valence-electron chi connectivity index (χ2n) is 5.48. The van der Waals surface area contributed by atoms with Gasteiger partial charge in [-0.1, -0.05) is 6.92 Å². The Morgan fingerprint density at radius 2 is 2.05 bits per heavy atom. The highest BCUT2D eigenvalue weighted by molar-refractivity contribution is 7.89. The lowest BCUT2D eigenvalue weighted by Crippen LogP contribution is -2.45. The third-order valence-corrected chi connectivity index (χ3v) is 6.64. The van der Waals surface area contributed by atoms with Gasteiger partial charge in [0.1, 0.15) is 0 Å². The lowest BCUT2D eigenvalue weighted by molar-refractivity contribution is -0.143. The molecule has 1 aromatic rings. The van der Waals surface area contributed by atoms with Crippen molar-refractivity contribution in [2.45, 2.75) is 32.1 Å². The number of rotatable bonds is 3. The van der Waals surface area contributed by atoms with Gasteiger partial charge in [-0.15, -0.1) is 11.3 Å². The van der Waals surface area contributed by atoms with E-state index < -0.39 is 21.9 Å². The van der Waals surface area contributed by atoms with Crippen LogP contribution in [0.15, 0.2) is 11.0 Å². The quantitative estimate of drug-likeness (QED) is 0.926. The zero-order chi connectivity index (χ0) is 15.1. The lowest BCUT2D eigenvalue weighted by Gasteiger charge is -2.33. The van der Waals surface area contributed by atoms with Crippen LogP contribution >= 0.6 is 11.3 Å². The number of aliphatic carboxylic acids is 1. The third-order valence-electron chi connectivity index (χ3n) is 3.59. The summed E-state index contributed by atoms with van der Waals surface area (Å²) in [6.45, 7) is 6.00. The van der Waals surface area contributed by atoms with Crippen molar-refractivity contribution in [3.63, 3.8) is 0 Å². The average Bonchev–Trinajstić information content (AvgIpc) is 2.68. The zero-order valence-electron chi connectivity index (χ0n) is 11.8. The van der Waals surface area contributed by atoms with Gasteiger partial charge in [0.2, 0.25) is 10.0 Å². The summed E-state index contributed by atoms with van der Waals surface area (Å²) in [7, 11) is -3.59. The van der Waals surface area contributed by atoms with Crippen LogP contribution in [0.25, 0.3) is 0 Å². The van der Waals surface area contributed by atoms with Crippen LogP contribution in [0.2, 0.25) is 0 Å². The highest BCUT2D eigenvalue weighted by atomic mass is 32.2. The summed E-state index contributed by atoms with van der Waals surface area (Å²) in [5.41, 5.74) is 0. The van der Waals surface area contributed by atoms with Gasteiger partial charge in [-0.2, -0.15) is 4.31 Å². The monoisotopic (exact) mass is 317 g/mol. The molecule has 2 atom stereocenters. The Labute approximate surface area is 123 Å². The van der Waals surface area contributed by atoms with E-state index in [1.54, 1.807) is 13.0 Å². The fourth-order valence-corrected chi connectivity index (χ4v) is 5.81. The number of sulfonamides is 1. The molecular formula is C13H19NO4S2. The zero-order valence-corrected chi connectivity index (χ0v) is 13.4. The van der Waals surface area contributed by atoms with Gasteiger partial charge in [0.15, 0.2) is 0 Å². The van der Waals surface area contributed by atoms with E-state index in [4.69, 9.17) is 5.11 Å². The maximum absolute atomic E-state index is 12.7. The fourth-order valence-electron chi connectivity index (χ4n) is 2.68. The molecule has 0 bridgehead atoms. The summed E-state index contributed by atoms with van der Waals surface area (Å²) in [4.78, 5) is 13.2. The summed E-state index contributed by atoms with van der Waals surface area (Å²) >= 11 is 1.45. The number of carboxylic acid groups (broad SMARTS) is 1. The minimum atomic E-state index is -3.59. The van der Waals surface area contributed by atoms with Crippen molar-refractivity contribution in [2.24, 2.45) is 11.8 Å². The molecule has 2 rings (SSSR count). The molecule has 0 amide bonds. The number of carbonyl (C=O) groups is 1. The second-order valence-corrected chi connectivity index (χ2v) is 8.84.